The van der Waals surface area contributed by atoms with Gasteiger partial charge in [0.2, 0.25) is 0 Å². The summed E-state index contributed by atoms with van der Waals surface area (Å²) in [5.74, 6) is -0.0951. The number of para-hydroxylation sites is 1. The molecule has 0 saturated carbocycles. The van der Waals surface area contributed by atoms with Crippen molar-refractivity contribution in [1.29, 1.82) is 0 Å². The molecule has 0 spiro atoms. The number of allylic oxidation sites excluding steroid dienone is 4. The van der Waals surface area contributed by atoms with E-state index >= 15 is 4.39 Å². The second-order valence-corrected chi connectivity index (χ2v) is 7.93. The number of halogens is 1. The van der Waals surface area contributed by atoms with Gasteiger partial charge in [-0.2, -0.15) is 0 Å². The molecule has 0 N–H and O–H groups in total. The zero-order valence-electron chi connectivity index (χ0n) is 15.1. The largest absolute Gasteiger partial charge is 0.278 e. The van der Waals surface area contributed by atoms with Gasteiger partial charge in [-0.3, -0.25) is 9.98 Å². The lowest BCUT2D eigenvalue weighted by Crippen LogP contribution is -2.49. The van der Waals surface area contributed by atoms with Crippen LogP contribution in [0, 0.1) is 11.8 Å². The molecule has 2 heterocycles. The minimum absolute atomic E-state index is 0.107. The number of hydrogen-bond acceptors (Lipinski definition) is 2. The first-order chi connectivity index (χ1) is 11.8. The molecule has 25 heavy (non-hydrogen) atoms. The van der Waals surface area contributed by atoms with E-state index in [4.69, 9.17) is 4.99 Å². The standard InChI is InChI=1S/C22H23FN2/c1-14-19-17(9-7-11-22(19,4)23)20(25-21(14,2)3)16-12-15-8-5-6-10-18(15)24-13-16/h5-14,19H,1-4H3. The Kier molecular flexibility index (Phi) is 3.47. The SMILES string of the molecule is CC1C2C(=CC=CC2(C)F)C(c2cnc3ccccc3c2)=NC1(C)C. The van der Waals surface area contributed by atoms with Crippen LogP contribution >= 0.6 is 0 Å². The molecule has 0 saturated heterocycles. The molecule has 3 heteroatoms. The molecule has 128 valence electrons. The van der Waals surface area contributed by atoms with Gasteiger partial charge >= 0.3 is 0 Å². The van der Waals surface area contributed by atoms with Crippen molar-refractivity contribution in [2.45, 2.75) is 38.9 Å². The van der Waals surface area contributed by atoms with Gasteiger partial charge in [0.25, 0.3) is 0 Å². The summed E-state index contributed by atoms with van der Waals surface area (Å²) in [4.78, 5) is 9.61. The highest BCUT2D eigenvalue weighted by atomic mass is 19.1. The van der Waals surface area contributed by atoms with Gasteiger partial charge in [-0.05, 0) is 50.5 Å². The molecule has 1 aliphatic heterocycles. The molecular weight excluding hydrogens is 311 g/mol. The van der Waals surface area contributed by atoms with Crippen molar-refractivity contribution >= 4 is 16.6 Å². The van der Waals surface area contributed by atoms with Crippen LogP contribution in [-0.4, -0.2) is 21.9 Å². The van der Waals surface area contributed by atoms with E-state index in [0.717, 1.165) is 27.8 Å². The molecule has 0 amide bonds. The molecule has 2 nitrogen and oxygen atoms in total. The molecule has 1 aromatic carbocycles. The van der Waals surface area contributed by atoms with Crippen LogP contribution in [0.25, 0.3) is 10.9 Å². The minimum atomic E-state index is -1.37. The van der Waals surface area contributed by atoms with Crippen LogP contribution in [0.3, 0.4) is 0 Å². The topological polar surface area (TPSA) is 25.2 Å². The number of rotatable bonds is 1. The van der Waals surface area contributed by atoms with Gasteiger partial charge < -0.3 is 0 Å². The molecule has 1 aromatic heterocycles. The van der Waals surface area contributed by atoms with Crippen LogP contribution < -0.4 is 0 Å². The maximum Gasteiger partial charge on any atom is 0.133 e. The smallest absolute Gasteiger partial charge is 0.133 e. The first-order valence-corrected chi connectivity index (χ1v) is 8.83. The number of hydrogen-bond donors (Lipinski definition) is 0. The van der Waals surface area contributed by atoms with Gasteiger partial charge in [0.15, 0.2) is 0 Å². The number of aliphatic imine (C=N–C) groups is 1. The van der Waals surface area contributed by atoms with Crippen LogP contribution in [0.1, 0.15) is 33.3 Å². The third-order valence-corrected chi connectivity index (χ3v) is 5.79. The summed E-state index contributed by atoms with van der Waals surface area (Å²) in [6.07, 6.45) is 7.38. The highest BCUT2D eigenvalue weighted by molar-refractivity contribution is 6.15. The number of benzene rings is 1. The Bertz CT molecular complexity index is 934. The minimum Gasteiger partial charge on any atom is -0.278 e. The van der Waals surface area contributed by atoms with E-state index in [1.54, 1.807) is 13.0 Å². The predicted molar refractivity (Wildman–Crippen MR) is 102 cm³/mol. The number of pyridine rings is 1. The summed E-state index contributed by atoms with van der Waals surface area (Å²) >= 11 is 0. The Morgan fingerprint density at radius 3 is 2.68 bits per heavy atom. The first-order valence-electron chi connectivity index (χ1n) is 8.83. The number of aromatic nitrogens is 1. The molecule has 3 unspecified atom stereocenters. The maximum absolute atomic E-state index is 15.3. The highest BCUT2D eigenvalue weighted by Gasteiger charge is 2.49. The lowest BCUT2D eigenvalue weighted by atomic mass is 9.64. The van der Waals surface area contributed by atoms with Crippen molar-refractivity contribution in [3.63, 3.8) is 0 Å². The van der Waals surface area contributed by atoms with Crippen LogP contribution in [0.2, 0.25) is 0 Å². The fraction of sp³-hybridized carbons (Fsp3) is 0.364. The first kappa shape index (κ1) is 16.2. The van der Waals surface area contributed by atoms with Crippen LogP contribution in [-0.2, 0) is 0 Å². The van der Waals surface area contributed by atoms with Crippen LogP contribution in [0.5, 0.6) is 0 Å². The Balaban J connectivity index is 1.92. The molecule has 3 atom stereocenters. The number of alkyl halides is 1. The normalized spacial score (nSPS) is 30.6. The van der Waals surface area contributed by atoms with Crippen LogP contribution in [0.15, 0.2) is 65.3 Å². The van der Waals surface area contributed by atoms with Crippen molar-refractivity contribution in [2.24, 2.45) is 16.8 Å². The molecule has 0 radical (unpaired) electrons. The molecule has 2 aliphatic rings. The highest BCUT2D eigenvalue weighted by Crippen LogP contribution is 2.48. The summed E-state index contributed by atoms with van der Waals surface area (Å²) < 4.78 is 15.3. The van der Waals surface area contributed by atoms with Crippen molar-refractivity contribution in [3.05, 3.63) is 65.9 Å². The summed E-state index contributed by atoms with van der Waals surface area (Å²) in [6.45, 7) is 7.97. The molecule has 2 aromatic rings. The summed E-state index contributed by atoms with van der Waals surface area (Å²) in [7, 11) is 0. The fourth-order valence-electron chi connectivity index (χ4n) is 4.13. The van der Waals surface area contributed by atoms with Crippen molar-refractivity contribution in [2.75, 3.05) is 0 Å². The third-order valence-electron chi connectivity index (χ3n) is 5.79. The van der Waals surface area contributed by atoms with Gasteiger partial charge in [0, 0.05) is 23.1 Å². The Hall–Kier alpha value is -2.29. The number of fused-ring (bicyclic) bond motifs is 2. The zero-order chi connectivity index (χ0) is 17.8. The molecular formula is C22H23FN2. The fourth-order valence-corrected chi connectivity index (χ4v) is 4.13. The second kappa shape index (κ2) is 5.35. The Morgan fingerprint density at radius 2 is 1.88 bits per heavy atom. The molecule has 0 fully saturated rings. The van der Waals surface area contributed by atoms with E-state index in [1.165, 1.54) is 0 Å². The van der Waals surface area contributed by atoms with Gasteiger partial charge in [-0.25, -0.2) is 4.39 Å². The van der Waals surface area contributed by atoms with Crippen molar-refractivity contribution in [1.82, 2.24) is 4.98 Å². The monoisotopic (exact) mass is 334 g/mol. The van der Waals surface area contributed by atoms with Gasteiger partial charge in [-0.1, -0.05) is 37.3 Å². The van der Waals surface area contributed by atoms with E-state index in [2.05, 4.69) is 37.9 Å². The van der Waals surface area contributed by atoms with Gasteiger partial charge in [0.05, 0.1) is 16.8 Å². The lowest BCUT2D eigenvalue weighted by molar-refractivity contribution is 0.104. The van der Waals surface area contributed by atoms with E-state index in [1.807, 2.05) is 36.5 Å². The second-order valence-electron chi connectivity index (χ2n) is 7.93. The third kappa shape index (κ3) is 2.53. The zero-order valence-corrected chi connectivity index (χ0v) is 15.1. The predicted octanol–water partition coefficient (Wildman–Crippen LogP) is 5.29. The Labute approximate surface area is 148 Å². The number of nitrogens with zero attached hydrogens (tertiary/aromatic N) is 2. The molecule has 4 rings (SSSR count). The average Bonchev–Trinajstić information content (AvgIpc) is 2.57. The van der Waals surface area contributed by atoms with Crippen LogP contribution in [0.4, 0.5) is 4.39 Å². The van der Waals surface area contributed by atoms with E-state index in [-0.39, 0.29) is 17.4 Å². The molecule has 0 bridgehead atoms. The summed E-state index contributed by atoms with van der Waals surface area (Å²) in [5.41, 5.74) is 2.07. The maximum atomic E-state index is 15.3. The lowest BCUT2D eigenvalue weighted by Gasteiger charge is -2.46. The van der Waals surface area contributed by atoms with Gasteiger partial charge in [0.1, 0.15) is 5.67 Å². The Morgan fingerprint density at radius 1 is 1.12 bits per heavy atom. The van der Waals surface area contributed by atoms with E-state index < -0.39 is 5.67 Å². The average molecular weight is 334 g/mol. The van der Waals surface area contributed by atoms with Gasteiger partial charge in [-0.15, -0.1) is 0 Å². The molecule has 1 aliphatic carbocycles. The van der Waals surface area contributed by atoms with E-state index in [0.29, 0.717) is 0 Å². The quantitative estimate of drug-likeness (QED) is 0.695. The van der Waals surface area contributed by atoms with Crippen molar-refractivity contribution in [3.8, 4) is 0 Å². The van der Waals surface area contributed by atoms with Crippen molar-refractivity contribution < 1.29 is 4.39 Å². The summed E-state index contributed by atoms with van der Waals surface area (Å²) in [5, 5.41) is 1.07. The van der Waals surface area contributed by atoms with E-state index in [9.17, 15) is 0 Å². The summed E-state index contributed by atoms with van der Waals surface area (Å²) in [6, 6.07) is 10.1.